The van der Waals surface area contributed by atoms with E-state index in [0.717, 1.165) is 30.3 Å². The highest BCUT2D eigenvalue weighted by Crippen LogP contribution is 2.57. The number of rotatable bonds is 3. The van der Waals surface area contributed by atoms with Gasteiger partial charge in [0.05, 0.1) is 12.7 Å². The van der Waals surface area contributed by atoms with Crippen LogP contribution in [0.3, 0.4) is 0 Å². The molecule has 1 heteroatoms. The van der Waals surface area contributed by atoms with Crippen molar-refractivity contribution in [2.24, 2.45) is 23.7 Å². The maximum atomic E-state index is 5.85. The van der Waals surface area contributed by atoms with E-state index in [4.69, 9.17) is 4.74 Å². The van der Waals surface area contributed by atoms with Crippen molar-refractivity contribution in [2.45, 2.75) is 25.4 Å². The normalized spacial score (nSPS) is 48.4. The first kappa shape index (κ1) is 8.72. The molecule has 3 aliphatic rings. The Morgan fingerprint density at radius 2 is 2.29 bits per heavy atom. The predicted octanol–water partition coefficient (Wildman–Crippen LogP) is 2.79. The topological polar surface area (TPSA) is 9.23 Å². The van der Waals surface area contributed by atoms with Crippen LogP contribution in [-0.4, -0.2) is 12.7 Å². The van der Waals surface area contributed by atoms with Gasteiger partial charge in [-0.2, -0.15) is 0 Å². The molecule has 0 aliphatic heterocycles. The summed E-state index contributed by atoms with van der Waals surface area (Å²) in [4.78, 5) is 0. The molecule has 0 aromatic heterocycles. The second-order valence-electron chi connectivity index (χ2n) is 4.96. The van der Waals surface area contributed by atoms with Crippen LogP contribution in [0.1, 0.15) is 19.3 Å². The van der Waals surface area contributed by atoms with Crippen molar-refractivity contribution in [3.8, 4) is 0 Å². The van der Waals surface area contributed by atoms with Crippen LogP contribution < -0.4 is 0 Å². The van der Waals surface area contributed by atoms with E-state index in [2.05, 4.69) is 18.7 Å². The summed E-state index contributed by atoms with van der Waals surface area (Å²) < 4.78 is 5.85. The van der Waals surface area contributed by atoms with Gasteiger partial charge >= 0.3 is 0 Å². The van der Waals surface area contributed by atoms with Crippen molar-refractivity contribution in [1.29, 1.82) is 0 Å². The Hall–Kier alpha value is -0.560. The third kappa shape index (κ3) is 1.12. The number of fused-ring (bicyclic) bond motifs is 5. The van der Waals surface area contributed by atoms with Gasteiger partial charge in [-0.1, -0.05) is 18.2 Å². The van der Waals surface area contributed by atoms with Gasteiger partial charge in [0.25, 0.3) is 0 Å². The van der Waals surface area contributed by atoms with Crippen molar-refractivity contribution in [2.75, 3.05) is 6.61 Å². The molecule has 2 saturated carbocycles. The third-order valence-electron chi connectivity index (χ3n) is 4.37. The first-order chi connectivity index (χ1) is 6.90. The zero-order valence-corrected chi connectivity index (χ0v) is 8.56. The minimum absolute atomic E-state index is 0.541. The van der Waals surface area contributed by atoms with Crippen LogP contribution >= 0.6 is 0 Å². The molecule has 0 aromatic rings. The molecule has 2 fully saturated rings. The first-order valence-corrected chi connectivity index (χ1v) is 5.79. The molecule has 0 amide bonds. The fraction of sp³-hybridized carbons (Fsp3) is 0.692. The Labute approximate surface area is 85.8 Å². The molecule has 0 unspecified atom stereocenters. The zero-order chi connectivity index (χ0) is 9.54. The summed E-state index contributed by atoms with van der Waals surface area (Å²) in [5, 5.41) is 0. The zero-order valence-electron chi connectivity index (χ0n) is 8.56. The van der Waals surface area contributed by atoms with Gasteiger partial charge in [-0.3, -0.25) is 0 Å². The molecule has 2 bridgehead atoms. The number of allylic oxidation sites excluding steroid dienone is 2. The van der Waals surface area contributed by atoms with Crippen molar-refractivity contribution in [3.05, 3.63) is 24.8 Å². The van der Waals surface area contributed by atoms with Gasteiger partial charge < -0.3 is 4.74 Å². The summed E-state index contributed by atoms with van der Waals surface area (Å²) in [6.07, 6.45) is 11.3. The smallest absolute Gasteiger partial charge is 0.0648 e. The molecular weight excluding hydrogens is 172 g/mol. The maximum Gasteiger partial charge on any atom is 0.0648 e. The fourth-order valence-corrected chi connectivity index (χ4v) is 3.88. The van der Waals surface area contributed by atoms with Gasteiger partial charge in [0.2, 0.25) is 0 Å². The average Bonchev–Trinajstić information content (AvgIpc) is 2.85. The Morgan fingerprint density at radius 3 is 3.14 bits per heavy atom. The monoisotopic (exact) mass is 190 g/mol. The van der Waals surface area contributed by atoms with E-state index in [1.165, 1.54) is 19.3 Å². The van der Waals surface area contributed by atoms with Gasteiger partial charge in [-0.05, 0) is 42.9 Å². The van der Waals surface area contributed by atoms with Gasteiger partial charge in [-0.25, -0.2) is 0 Å². The molecule has 0 heterocycles. The first-order valence-electron chi connectivity index (χ1n) is 5.79. The molecule has 76 valence electrons. The lowest BCUT2D eigenvalue weighted by molar-refractivity contribution is 0.00693. The predicted molar refractivity (Wildman–Crippen MR) is 56.9 cm³/mol. The minimum atomic E-state index is 0.541. The highest BCUT2D eigenvalue weighted by Gasteiger charge is 2.52. The molecule has 0 radical (unpaired) electrons. The van der Waals surface area contributed by atoms with E-state index in [-0.39, 0.29) is 0 Å². The van der Waals surface area contributed by atoms with Gasteiger partial charge in [-0.15, -0.1) is 6.58 Å². The van der Waals surface area contributed by atoms with Gasteiger partial charge in [0.1, 0.15) is 0 Å². The van der Waals surface area contributed by atoms with E-state index < -0.39 is 0 Å². The van der Waals surface area contributed by atoms with Crippen LogP contribution in [0.25, 0.3) is 0 Å². The van der Waals surface area contributed by atoms with Crippen LogP contribution in [0.4, 0.5) is 0 Å². The molecule has 3 aliphatic carbocycles. The third-order valence-corrected chi connectivity index (χ3v) is 4.37. The highest BCUT2D eigenvalue weighted by molar-refractivity contribution is 5.14. The van der Waals surface area contributed by atoms with E-state index >= 15 is 0 Å². The summed E-state index contributed by atoms with van der Waals surface area (Å²) in [6.45, 7) is 4.45. The lowest BCUT2D eigenvalue weighted by Crippen LogP contribution is -2.30. The quantitative estimate of drug-likeness (QED) is 0.622. The van der Waals surface area contributed by atoms with E-state index in [1.54, 1.807) is 0 Å². The Morgan fingerprint density at radius 1 is 1.36 bits per heavy atom. The second-order valence-corrected chi connectivity index (χ2v) is 4.96. The largest absolute Gasteiger partial charge is 0.374 e. The van der Waals surface area contributed by atoms with Crippen LogP contribution in [0.15, 0.2) is 24.8 Å². The maximum absolute atomic E-state index is 5.85. The van der Waals surface area contributed by atoms with Crippen LogP contribution in [0.5, 0.6) is 0 Å². The van der Waals surface area contributed by atoms with Crippen LogP contribution in [-0.2, 0) is 4.74 Å². The van der Waals surface area contributed by atoms with Crippen molar-refractivity contribution < 1.29 is 4.74 Å². The molecule has 0 N–H and O–H groups in total. The Balaban J connectivity index is 1.69. The van der Waals surface area contributed by atoms with Gasteiger partial charge in [0, 0.05) is 0 Å². The number of ether oxygens (including phenoxy) is 1. The Bertz CT molecular complexity index is 268. The molecule has 1 nitrogen and oxygen atoms in total. The highest BCUT2D eigenvalue weighted by atomic mass is 16.5. The summed E-state index contributed by atoms with van der Waals surface area (Å²) in [5.74, 6) is 3.60. The summed E-state index contributed by atoms with van der Waals surface area (Å²) in [6, 6.07) is 0. The average molecular weight is 190 g/mol. The standard InChI is InChI=1S/C13H18O/c1-2-6-14-13-8-9-7-12(13)11-5-3-4-10(9)11/h2-4,9-13H,1,5-8H2/t9-,10-,11-,12+,13-/m1/s1. The minimum Gasteiger partial charge on any atom is -0.374 e. The SMILES string of the molecule is C=CCO[C@@H]1C[C@H]2C[C@H]1[C@@H]1CC=C[C@H]21. The lowest BCUT2D eigenvalue weighted by atomic mass is 9.80. The number of hydrogen-bond donors (Lipinski definition) is 0. The van der Waals surface area contributed by atoms with Gasteiger partial charge in [0.15, 0.2) is 0 Å². The molecule has 5 atom stereocenters. The molecule has 14 heavy (non-hydrogen) atoms. The van der Waals surface area contributed by atoms with E-state index in [0.29, 0.717) is 6.10 Å². The summed E-state index contributed by atoms with van der Waals surface area (Å²) in [5.41, 5.74) is 0. The molecule has 0 spiro atoms. The summed E-state index contributed by atoms with van der Waals surface area (Å²) in [7, 11) is 0. The van der Waals surface area contributed by atoms with Crippen molar-refractivity contribution in [1.82, 2.24) is 0 Å². The Kier molecular flexibility index (Phi) is 2.01. The van der Waals surface area contributed by atoms with Crippen LogP contribution in [0, 0.1) is 23.7 Å². The fourth-order valence-electron chi connectivity index (χ4n) is 3.88. The van der Waals surface area contributed by atoms with E-state index in [1.807, 2.05) is 6.08 Å². The molecular formula is C13H18O. The molecule has 0 saturated heterocycles. The van der Waals surface area contributed by atoms with Crippen molar-refractivity contribution >= 4 is 0 Å². The molecule has 0 aromatic carbocycles. The van der Waals surface area contributed by atoms with E-state index in [9.17, 15) is 0 Å². The number of hydrogen-bond acceptors (Lipinski definition) is 1. The van der Waals surface area contributed by atoms with Crippen LogP contribution in [0.2, 0.25) is 0 Å². The second kappa shape index (κ2) is 3.23. The summed E-state index contributed by atoms with van der Waals surface area (Å²) >= 11 is 0. The van der Waals surface area contributed by atoms with Crippen molar-refractivity contribution in [3.63, 3.8) is 0 Å². The molecule has 3 rings (SSSR count). The lowest BCUT2D eigenvalue weighted by Gasteiger charge is -2.31.